The van der Waals surface area contributed by atoms with Crippen LogP contribution in [0.4, 0.5) is 27.6 Å². The van der Waals surface area contributed by atoms with Crippen LogP contribution >= 0.6 is 45.8 Å². The van der Waals surface area contributed by atoms with E-state index in [1.165, 1.54) is 48.7 Å². The van der Waals surface area contributed by atoms with E-state index in [-0.39, 0.29) is 50.8 Å². The number of halogens is 8. The maximum atomic E-state index is 14.0. The molecule has 0 unspecified atom stereocenters. The Kier molecular flexibility index (Phi) is 10.1. The lowest BCUT2D eigenvalue weighted by Gasteiger charge is -2.16. The standard InChI is InChI=1S/C31H19Cl2F5IN9O3/c32-22-6-3-11-40-26(22)48-23(13-18(44-48)15-47-45-29(43-46-47)30(34,35)36)28(50)42-25-21(12-17-4-1-2-5-20(17)24(25)33)27(49)41-14-16-7-9-19(10-8-16)51-31(37,38)39/h1-13H,14-15H2,(H,41,49)(H,42,50). The summed E-state index contributed by atoms with van der Waals surface area (Å²) in [6.07, 6.45) is -3.44. The van der Waals surface area contributed by atoms with Crippen LogP contribution in [0.15, 0.2) is 79.0 Å². The highest BCUT2D eigenvalue weighted by Crippen LogP contribution is 2.36. The van der Waals surface area contributed by atoms with Gasteiger partial charge in [0.05, 0.1) is 49.6 Å². The quantitative estimate of drug-likeness (QED) is 0.0830. The molecule has 0 aliphatic rings. The van der Waals surface area contributed by atoms with E-state index < -0.39 is 34.5 Å². The molecule has 12 nitrogen and oxygen atoms in total. The van der Waals surface area contributed by atoms with E-state index in [0.717, 1.165) is 27.3 Å². The van der Waals surface area contributed by atoms with Crippen molar-refractivity contribution in [2.75, 3.05) is 5.32 Å². The summed E-state index contributed by atoms with van der Waals surface area (Å²) >= 11 is 14.0. The Hall–Kier alpha value is -4.95. The van der Waals surface area contributed by atoms with Gasteiger partial charge < -0.3 is 15.4 Å². The lowest BCUT2D eigenvalue weighted by molar-refractivity contribution is -0.145. The van der Waals surface area contributed by atoms with Gasteiger partial charge in [-0.05, 0) is 52.6 Å². The minimum absolute atomic E-state index is 0.0132. The number of alkyl halides is 6. The molecule has 0 spiro atoms. The summed E-state index contributed by atoms with van der Waals surface area (Å²) in [5.41, 5.74) is 0.314. The third-order valence-electron chi connectivity index (χ3n) is 7.02. The number of anilines is 1. The first-order valence-corrected chi connectivity index (χ1v) is 16.2. The molecule has 0 bridgehead atoms. The van der Waals surface area contributed by atoms with E-state index in [1.807, 2.05) is 0 Å². The van der Waals surface area contributed by atoms with Crippen LogP contribution in [0, 0.1) is 0 Å². The number of amides is 2. The normalized spacial score (nSPS) is 11.8. The number of carbonyl (C=O) groups is 2. The molecule has 6 rings (SSSR count). The van der Waals surface area contributed by atoms with Gasteiger partial charge >= 0.3 is 10.3 Å². The topological polar surface area (TPSA) is 142 Å². The monoisotopic (exact) mass is 857 g/mol. The van der Waals surface area contributed by atoms with Crippen molar-refractivity contribution in [1.82, 2.24) is 40.3 Å². The predicted octanol–water partition coefficient (Wildman–Crippen LogP) is 7.33. The average Bonchev–Trinajstić information content (AvgIpc) is 3.73. The van der Waals surface area contributed by atoms with Crippen molar-refractivity contribution in [3.63, 3.8) is 0 Å². The second kappa shape index (κ2) is 14.3. The Morgan fingerprint density at radius 2 is 1.67 bits per heavy atom. The Balaban J connectivity index is 1.32. The molecule has 2 N–H and O–H groups in total. The van der Waals surface area contributed by atoms with E-state index >= 15 is 0 Å². The molecule has 3 aromatic carbocycles. The molecule has 20 heteroatoms. The van der Waals surface area contributed by atoms with Crippen LogP contribution in [0.25, 0.3) is 16.6 Å². The van der Waals surface area contributed by atoms with Crippen LogP contribution in [-0.4, -0.2) is 50.9 Å². The van der Waals surface area contributed by atoms with Gasteiger partial charge in [-0.2, -0.15) is 31.8 Å². The fraction of sp³-hybridized carbons (Fsp3) is 0.129. The van der Waals surface area contributed by atoms with Crippen LogP contribution in [-0.2, 0) is 19.3 Å². The number of ether oxygens (including phenoxy) is 1. The van der Waals surface area contributed by atoms with Crippen LogP contribution < -0.4 is 15.4 Å². The Morgan fingerprint density at radius 3 is 2.35 bits per heavy atom. The summed E-state index contributed by atoms with van der Waals surface area (Å²) in [5, 5.41) is 20.7. The number of hydrogen-bond donors (Lipinski definition) is 2. The number of pyridine rings is 1. The second-order valence-corrected chi connectivity index (χ2v) is 12.6. The number of rotatable bonds is 10. The average molecular weight is 858 g/mol. The Morgan fingerprint density at radius 1 is 0.922 bits per heavy atom. The zero-order chi connectivity index (χ0) is 36.5. The number of tetrazole rings is 1. The number of aromatic nitrogens is 7. The van der Waals surface area contributed by atoms with Crippen molar-refractivity contribution < 1.29 is 36.3 Å². The van der Waals surface area contributed by atoms with E-state index in [9.17, 15) is 31.5 Å². The number of hydrogen-bond acceptors (Lipinski definition) is 8. The molecular weight excluding hydrogens is 839 g/mol. The number of fused-ring (bicyclic) bond motifs is 1. The maximum Gasteiger partial charge on any atom is 0.455 e. The number of nitrogens with zero attached hydrogens (tertiary/aromatic N) is 7. The van der Waals surface area contributed by atoms with Gasteiger partial charge in [0.1, 0.15) is 18.0 Å². The molecule has 0 atom stereocenters. The first-order chi connectivity index (χ1) is 24.2. The molecule has 0 aliphatic heterocycles. The Labute approximate surface area is 307 Å². The van der Waals surface area contributed by atoms with Gasteiger partial charge in [-0.3, -0.25) is 9.59 Å². The molecule has 0 radical (unpaired) electrons. The van der Waals surface area contributed by atoms with Gasteiger partial charge in [0.25, 0.3) is 17.6 Å². The largest absolute Gasteiger partial charge is 0.455 e. The molecular formula is C31H19Cl2F5IN9O3. The van der Waals surface area contributed by atoms with Gasteiger partial charge in [0.15, 0.2) is 5.82 Å². The molecule has 3 aromatic heterocycles. The smallest absolute Gasteiger partial charge is 0.425 e. The highest BCUT2D eigenvalue weighted by atomic mass is 127. The minimum atomic E-state index is -4.83. The van der Waals surface area contributed by atoms with Crippen molar-refractivity contribution in [3.8, 4) is 11.6 Å². The summed E-state index contributed by atoms with van der Waals surface area (Å²) in [6, 6.07) is 18.3. The zero-order valence-corrected chi connectivity index (χ0v) is 29.0. The van der Waals surface area contributed by atoms with Gasteiger partial charge in [-0.15, -0.1) is 10.2 Å². The molecule has 2 amide bonds. The van der Waals surface area contributed by atoms with Gasteiger partial charge in [0.2, 0.25) is 0 Å². The second-order valence-electron chi connectivity index (χ2n) is 10.5. The third kappa shape index (κ3) is 8.34. The van der Waals surface area contributed by atoms with Crippen LogP contribution in [0.2, 0.25) is 10.0 Å². The van der Waals surface area contributed by atoms with E-state index in [2.05, 4.69) is 40.9 Å². The lowest BCUT2D eigenvalue weighted by atomic mass is 10.0. The fourth-order valence-electron chi connectivity index (χ4n) is 4.80. The number of benzene rings is 3. The SMILES string of the molecule is O=C(NCc1ccc(OC(F)(F)I)cc1)c1cc2ccccc2c(Cl)c1NC(=O)c1cc(Cn2nnc(C(F)(F)F)n2)nn1-c1ncccc1Cl. The molecule has 262 valence electrons. The summed E-state index contributed by atoms with van der Waals surface area (Å²) < 4.78 is 67.8. The fourth-order valence-corrected chi connectivity index (χ4v) is 5.58. The molecule has 6 aromatic rings. The maximum absolute atomic E-state index is 14.0. The van der Waals surface area contributed by atoms with Gasteiger partial charge in [0, 0.05) is 18.1 Å². The van der Waals surface area contributed by atoms with E-state index in [0.29, 0.717) is 21.1 Å². The molecule has 0 fully saturated rings. The van der Waals surface area contributed by atoms with Crippen LogP contribution in [0.3, 0.4) is 0 Å². The van der Waals surface area contributed by atoms with E-state index in [4.69, 9.17) is 23.2 Å². The highest BCUT2D eigenvalue weighted by molar-refractivity contribution is 14.1. The van der Waals surface area contributed by atoms with Crippen molar-refractivity contribution in [1.29, 1.82) is 0 Å². The highest BCUT2D eigenvalue weighted by Gasteiger charge is 2.37. The summed E-state index contributed by atoms with van der Waals surface area (Å²) in [6.45, 7) is -0.447. The van der Waals surface area contributed by atoms with Crippen LogP contribution in [0.1, 0.15) is 37.9 Å². The zero-order valence-electron chi connectivity index (χ0n) is 25.3. The summed E-state index contributed by atoms with van der Waals surface area (Å²) in [4.78, 5) is 32.5. The Bertz CT molecular complexity index is 2260. The van der Waals surface area contributed by atoms with Gasteiger partial charge in [-0.25, -0.2) is 9.67 Å². The molecule has 51 heavy (non-hydrogen) atoms. The molecule has 3 heterocycles. The van der Waals surface area contributed by atoms with E-state index in [1.54, 1.807) is 30.3 Å². The number of carbonyl (C=O) groups excluding carboxylic acids is 2. The predicted molar refractivity (Wildman–Crippen MR) is 182 cm³/mol. The molecule has 0 saturated heterocycles. The molecule has 0 aliphatic carbocycles. The third-order valence-corrected chi connectivity index (χ3v) is 7.93. The summed E-state index contributed by atoms with van der Waals surface area (Å²) in [7, 11) is 0. The first-order valence-electron chi connectivity index (χ1n) is 14.4. The van der Waals surface area contributed by atoms with Crippen molar-refractivity contribution in [3.05, 3.63) is 117 Å². The minimum Gasteiger partial charge on any atom is -0.425 e. The van der Waals surface area contributed by atoms with Crippen molar-refractivity contribution in [2.45, 2.75) is 23.4 Å². The molecule has 0 saturated carbocycles. The summed E-state index contributed by atoms with van der Waals surface area (Å²) in [5.74, 6) is -3.01. The van der Waals surface area contributed by atoms with Crippen molar-refractivity contribution >= 4 is 74.1 Å². The van der Waals surface area contributed by atoms with Crippen molar-refractivity contribution in [2.24, 2.45) is 0 Å². The van der Waals surface area contributed by atoms with Gasteiger partial charge in [-0.1, -0.05) is 59.6 Å². The lowest BCUT2D eigenvalue weighted by Crippen LogP contribution is -2.26. The van der Waals surface area contributed by atoms with Crippen LogP contribution in [0.5, 0.6) is 5.75 Å². The first kappa shape index (κ1) is 35.9. The number of nitrogens with one attached hydrogen (secondary N) is 2.